The van der Waals surface area contributed by atoms with Gasteiger partial charge in [0.15, 0.2) is 0 Å². The number of hydrogen-bond acceptors (Lipinski definition) is 5. The zero-order valence-corrected chi connectivity index (χ0v) is 11.7. The van der Waals surface area contributed by atoms with E-state index in [-0.39, 0.29) is 0 Å². The van der Waals surface area contributed by atoms with E-state index in [1.165, 1.54) is 4.90 Å². The van der Waals surface area contributed by atoms with Gasteiger partial charge in [-0.25, -0.2) is 0 Å². The minimum atomic E-state index is 0.320. The first kappa shape index (κ1) is 12.7. The van der Waals surface area contributed by atoms with E-state index in [0.29, 0.717) is 5.88 Å². The number of benzene rings is 1. The summed E-state index contributed by atoms with van der Waals surface area (Å²) < 4.78 is 5.16. The Morgan fingerprint density at radius 1 is 1.00 bits per heavy atom. The molecule has 0 amide bonds. The van der Waals surface area contributed by atoms with Gasteiger partial charge in [-0.1, -0.05) is 17.3 Å². The molecular weight excluding hydrogens is 270 g/mol. The Kier molecular flexibility index (Phi) is 3.43. The molecule has 5 heteroatoms. The number of nitrogen functional groups attached to an aromatic ring is 1. The molecule has 0 radical (unpaired) electrons. The lowest BCUT2D eigenvalue weighted by molar-refractivity contribution is 0.439. The maximum absolute atomic E-state index is 5.91. The minimum absolute atomic E-state index is 0.320. The molecule has 100 valence electrons. The Labute approximate surface area is 121 Å². The number of nitrogens with zero attached hydrogens (tertiary/aromatic N) is 2. The van der Waals surface area contributed by atoms with E-state index in [1.807, 2.05) is 30.5 Å². The quantitative estimate of drug-likeness (QED) is 0.742. The minimum Gasteiger partial charge on any atom is -0.367 e. The molecule has 2 N–H and O–H groups in total. The number of nitrogens with two attached hydrogens (primary N) is 1. The van der Waals surface area contributed by atoms with Gasteiger partial charge in [0.25, 0.3) is 0 Å². The number of anilines is 1. The highest BCUT2D eigenvalue weighted by Gasteiger charge is 2.17. The zero-order valence-electron chi connectivity index (χ0n) is 10.9. The highest BCUT2D eigenvalue weighted by Crippen LogP contribution is 2.36. The monoisotopic (exact) mass is 283 g/mol. The fourth-order valence-corrected chi connectivity index (χ4v) is 2.45. The molecule has 0 spiro atoms. The smallest absolute Gasteiger partial charge is 0.230 e. The van der Waals surface area contributed by atoms with E-state index >= 15 is 0 Å². The van der Waals surface area contributed by atoms with Crippen molar-refractivity contribution in [3.63, 3.8) is 0 Å². The number of thioether (sulfide) groups is 1. The Hall–Kier alpha value is -2.27. The van der Waals surface area contributed by atoms with Crippen LogP contribution in [0.3, 0.4) is 0 Å². The SMILES string of the molecule is CSc1ccc(-c2noc(N)c2-c2ccncc2)cc1. The summed E-state index contributed by atoms with van der Waals surface area (Å²) in [7, 11) is 0. The van der Waals surface area contributed by atoms with Crippen LogP contribution in [0.1, 0.15) is 0 Å². The average molecular weight is 283 g/mol. The lowest BCUT2D eigenvalue weighted by Gasteiger charge is -2.03. The third-order valence-electron chi connectivity index (χ3n) is 3.05. The zero-order chi connectivity index (χ0) is 13.9. The molecule has 0 bridgehead atoms. The Morgan fingerprint density at radius 2 is 1.70 bits per heavy atom. The van der Waals surface area contributed by atoms with Crippen LogP contribution in [0.15, 0.2) is 58.2 Å². The van der Waals surface area contributed by atoms with Gasteiger partial charge in [-0.05, 0) is 36.1 Å². The van der Waals surface area contributed by atoms with Crippen LogP contribution in [0.5, 0.6) is 0 Å². The standard InChI is InChI=1S/C15H13N3OS/c1-20-12-4-2-11(3-5-12)14-13(15(16)19-18-14)10-6-8-17-9-7-10/h2-9H,16H2,1H3. The topological polar surface area (TPSA) is 64.9 Å². The third kappa shape index (κ3) is 2.28. The maximum atomic E-state index is 5.91. The Balaban J connectivity index is 2.11. The summed E-state index contributed by atoms with van der Waals surface area (Å²) in [5.41, 5.74) is 9.40. The van der Waals surface area contributed by atoms with Crippen molar-refractivity contribution in [1.29, 1.82) is 0 Å². The molecule has 0 saturated carbocycles. The van der Waals surface area contributed by atoms with Crippen molar-refractivity contribution < 1.29 is 4.52 Å². The van der Waals surface area contributed by atoms with Crippen LogP contribution in [-0.4, -0.2) is 16.4 Å². The van der Waals surface area contributed by atoms with E-state index in [1.54, 1.807) is 24.2 Å². The molecule has 3 rings (SSSR count). The second-order valence-corrected chi connectivity index (χ2v) is 5.11. The summed E-state index contributed by atoms with van der Waals surface area (Å²) >= 11 is 1.70. The highest BCUT2D eigenvalue weighted by atomic mass is 32.2. The first-order valence-corrected chi connectivity index (χ1v) is 7.32. The summed E-state index contributed by atoms with van der Waals surface area (Å²) in [6.45, 7) is 0. The largest absolute Gasteiger partial charge is 0.367 e. The van der Waals surface area contributed by atoms with E-state index in [4.69, 9.17) is 10.3 Å². The molecule has 2 aromatic heterocycles. The molecule has 0 atom stereocenters. The van der Waals surface area contributed by atoms with Crippen LogP contribution in [0, 0.1) is 0 Å². The molecule has 0 unspecified atom stereocenters. The van der Waals surface area contributed by atoms with E-state index < -0.39 is 0 Å². The van der Waals surface area contributed by atoms with E-state index in [2.05, 4.69) is 22.3 Å². The van der Waals surface area contributed by atoms with Gasteiger partial charge < -0.3 is 10.3 Å². The molecule has 2 heterocycles. The van der Waals surface area contributed by atoms with Gasteiger partial charge >= 0.3 is 0 Å². The van der Waals surface area contributed by atoms with Crippen molar-refractivity contribution in [2.45, 2.75) is 4.90 Å². The Morgan fingerprint density at radius 3 is 2.35 bits per heavy atom. The van der Waals surface area contributed by atoms with Gasteiger partial charge in [0.05, 0.1) is 5.56 Å². The van der Waals surface area contributed by atoms with Crippen LogP contribution in [0.2, 0.25) is 0 Å². The fourth-order valence-electron chi connectivity index (χ4n) is 2.05. The number of rotatable bonds is 3. The summed E-state index contributed by atoms with van der Waals surface area (Å²) in [5.74, 6) is 0.320. The molecule has 20 heavy (non-hydrogen) atoms. The van der Waals surface area contributed by atoms with Crippen LogP contribution in [0.4, 0.5) is 5.88 Å². The highest BCUT2D eigenvalue weighted by molar-refractivity contribution is 7.98. The van der Waals surface area contributed by atoms with Crippen molar-refractivity contribution in [1.82, 2.24) is 10.1 Å². The lowest BCUT2D eigenvalue weighted by Crippen LogP contribution is -1.88. The van der Waals surface area contributed by atoms with Gasteiger partial charge in [-0.15, -0.1) is 11.8 Å². The molecule has 0 fully saturated rings. The van der Waals surface area contributed by atoms with Crippen molar-refractivity contribution in [3.05, 3.63) is 48.8 Å². The molecule has 3 aromatic rings. The maximum Gasteiger partial charge on any atom is 0.230 e. The normalized spacial score (nSPS) is 10.7. The second kappa shape index (κ2) is 5.38. The van der Waals surface area contributed by atoms with Crippen LogP contribution in [0.25, 0.3) is 22.4 Å². The molecular formula is C15H13N3OS. The van der Waals surface area contributed by atoms with Crippen molar-refractivity contribution in [2.24, 2.45) is 0 Å². The second-order valence-electron chi connectivity index (χ2n) is 4.23. The van der Waals surface area contributed by atoms with Gasteiger partial charge in [-0.3, -0.25) is 4.98 Å². The van der Waals surface area contributed by atoms with Crippen molar-refractivity contribution >= 4 is 17.6 Å². The van der Waals surface area contributed by atoms with Gasteiger partial charge in [0, 0.05) is 22.9 Å². The number of aromatic nitrogens is 2. The lowest BCUT2D eigenvalue weighted by atomic mass is 10.0. The van der Waals surface area contributed by atoms with E-state index in [9.17, 15) is 0 Å². The van der Waals surface area contributed by atoms with Crippen LogP contribution < -0.4 is 5.73 Å². The first-order valence-electron chi connectivity index (χ1n) is 6.09. The number of hydrogen-bond donors (Lipinski definition) is 1. The van der Waals surface area contributed by atoms with Crippen LogP contribution in [-0.2, 0) is 0 Å². The summed E-state index contributed by atoms with van der Waals surface area (Å²) in [4.78, 5) is 5.22. The van der Waals surface area contributed by atoms with Gasteiger partial charge in [0.2, 0.25) is 5.88 Å². The molecule has 0 aliphatic heterocycles. The Bertz CT molecular complexity index is 708. The summed E-state index contributed by atoms with van der Waals surface area (Å²) in [5, 5.41) is 4.09. The van der Waals surface area contributed by atoms with Crippen molar-refractivity contribution in [2.75, 3.05) is 12.0 Å². The molecule has 1 aromatic carbocycles. The predicted octanol–water partition coefficient (Wildman–Crippen LogP) is 3.71. The summed E-state index contributed by atoms with van der Waals surface area (Å²) in [6.07, 6.45) is 5.50. The predicted molar refractivity (Wildman–Crippen MR) is 81.4 cm³/mol. The average Bonchev–Trinajstić information content (AvgIpc) is 2.90. The molecule has 0 aliphatic carbocycles. The molecule has 4 nitrogen and oxygen atoms in total. The van der Waals surface area contributed by atoms with Crippen LogP contribution >= 0.6 is 11.8 Å². The van der Waals surface area contributed by atoms with E-state index in [0.717, 1.165) is 22.4 Å². The fraction of sp³-hybridized carbons (Fsp3) is 0.0667. The van der Waals surface area contributed by atoms with Gasteiger partial charge in [-0.2, -0.15) is 0 Å². The first-order chi connectivity index (χ1) is 9.79. The van der Waals surface area contributed by atoms with Gasteiger partial charge in [0.1, 0.15) is 5.69 Å². The molecule has 0 aliphatic rings. The molecule has 0 saturated heterocycles. The summed E-state index contributed by atoms with van der Waals surface area (Å²) in [6, 6.07) is 11.9. The van der Waals surface area contributed by atoms with Crippen molar-refractivity contribution in [3.8, 4) is 22.4 Å². The third-order valence-corrected chi connectivity index (χ3v) is 3.79. The number of pyridine rings is 1.